The number of esters is 1. The van der Waals surface area contributed by atoms with Gasteiger partial charge in [-0.1, -0.05) is 24.8 Å². The molecule has 1 aromatic carbocycles. The molecule has 16 heavy (non-hydrogen) atoms. The lowest BCUT2D eigenvalue weighted by Gasteiger charge is -2.13. The largest absolute Gasteiger partial charge is 0.423 e. The molecule has 1 aromatic rings. The molecule has 0 atom stereocenters. The van der Waals surface area contributed by atoms with E-state index in [4.69, 9.17) is 38.0 Å². The number of ether oxygens (including phenoxy) is 1. The lowest BCUT2D eigenvalue weighted by Crippen LogP contribution is -2.32. The van der Waals surface area contributed by atoms with Gasteiger partial charge in [0.1, 0.15) is 5.75 Å². The summed E-state index contributed by atoms with van der Waals surface area (Å²) >= 11 is 17.6. The van der Waals surface area contributed by atoms with E-state index in [-0.39, 0.29) is 5.75 Å². The first kappa shape index (κ1) is 13.6. The molecule has 6 heteroatoms. The van der Waals surface area contributed by atoms with E-state index in [2.05, 4.69) is 6.58 Å². The van der Waals surface area contributed by atoms with E-state index in [1.165, 1.54) is 0 Å². The number of rotatable bonds is 3. The molecular weight excluding hydrogens is 287 g/mol. The zero-order valence-electron chi connectivity index (χ0n) is 8.47. The molecular formula is C10H9Cl3O2Si. The van der Waals surface area contributed by atoms with E-state index < -0.39 is 12.0 Å². The fourth-order valence-corrected chi connectivity index (χ4v) is 3.08. The van der Waals surface area contributed by atoms with Crippen LogP contribution < -0.4 is 9.92 Å². The Kier molecular flexibility index (Phi) is 4.44. The molecule has 0 saturated heterocycles. The number of hydrogen-bond donors (Lipinski definition) is 0. The maximum Gasteiger partial charge on any atom is 0.376 e. The van der Waals surface area contributed by atoms with Crippen molar-refractivity contribution in [1.29, 1.82) is 0 Å². The molecule has 0 spiro atoms. The Morgan fingerprint density at radius 1 is 1.31 bits per heavy atom. The SMILES string of the molecule is C=C(C)C(=O)Oc1ccccc1[Si](Cl)(Cl)Cl. The quantitative estimate of drug-likeness (QED) is 0.282. The average molecular weight is 296 g/mol. The van der Waals surface area contributed by atoms with Gasteiger partial charge >= 0.3 is 12.0 Å². The van der Waals surface area contributed by atoms with Gasteiger partial charge in [0.05, 0.1) is 0 Å². The summed E-state index contributed by atoms with van der Waals surface area (Å²) in [6.45, 7) is 5.03. The summed E-state index contributed by atoms with van der Waals surface area (Å²) in [5.41, 5.74) is 0.292. The Morgan fingerprint density at radius 3 is 2.38 bits per heavy atom. The minimum absolute atomic E-state index is 0.280. The minimum atomic E-state index is -3.07. The van der Waals surface area contributed by atoms with Crippen molar-refractivity contribution >= 4 is 50.4 Å². The first-order chi connectivity index (χ1) is 7.32. The normalized spacial score (nSPS) is 11.0. The molecule has 0 aromatic heterocycles. The lowest BCUT2D eigenvalue weighted by atomic mass is 10.3. The highest BCUT2D eigenvalue weighted by Crippen LogP contribution is 2.24. The van der Waals surface area contributed by atoms with Crippen LogP contribution in [0.2, 0.25) is 0 Å². The predicted octanol–water partition coefficient (Wildman–Crippen LogP) is 3.03. The van der Waals surface area contributed by atoms with Crippen LogP contribution in [0.4, 0.5) is 0 Å². The highest BCUT2D eigenvalue weighted by atomic mass is 35.8. The fourth-order valence-electron chi connectivity index (χ4n) is 0.977. The van der Waals surface area contributed by atoms with Gasteiger partial charge in [-0.15, -0.1) is 33.2 Å². The average Bonchev–Trinajstić information content (AvgIpc) is 2.16. The third kappa shape index (κ3) is 3.52. The zero-order valence-corrected chi connectivity index (χ0v) is 11.7. The molecule has 0 aliphatic rings. The lowest BCUT2D eigenvalue weighted by molar-refractivity contribution is -0.130. The first-order valence-corrected chi connectivity index (χ1v) is 9.40. The molecule has 0 fully saturated rings. The van der Waals surface area contributed by atoms with Crippen LogP contribution >= 0.6 is 33.2 Å². The van der Waals surface area contributed by atoms with Gasteiger partial charge in [0.15, 0.2) is 0 Å². The van der Waals surface area contributed by atoms with E-state index in [1.54, 1.807) is 31.2 Å². The first-order valence-electron chi connectivity index (χ1n) is 4.36. The van der Waals surface area contributed by atoms with E-state index in [0.29, 0.717) is 10.8 Å². The Morgan fingerprint density at radius 2 is 1.88 bits per heavy atom. The number of halogens is 3. The van der Waals surface area contributed by atoms with Crippen LogP contribution in [0, 0.1) is 0 Å². The van der Waals surface area contributed by atoms with Gasteiger partial charge in [0, 0.05) is 10.8 Å². The van der Waals surface area contributed by atoms with Crippen molar-refractivity contribution in [2.45, 2.75) is 6.92 Å². The van der Waals surface area contributed by atoms with Gasteiger partial charge in [-0.25, -0.2) is 4.79 Å². The summed E-state index contributed by atoms with van der Waals surface area (Å²) in [5.74, 6) is -0.252. The summed E-state index contributed by atoms with van der Waals surface area (Å²) in [6.07, 6.45) is 0. The molecule has 0 aliphatic heterocycles. The Bertz CT molecular complexity index is 426. The van der Waals surface area contributed by atoms with Crippen LogP contribution in [0.1, 0.15) is 6.92 Å². The van der Waals surface area contributed by atoms with Crippen molar-refractivity contribution < 1.29 is 9.53 Å². The fraction of sp³-hybridized carbons (Fsp3) is 0.100. The number of benzene rings is 1. The smallest absolute Gasteiger partial charge is 0.376 e. The van der Waals surface area contributed by atoms with Gasteiger partial charge in [0.2, 0.25) is 0 Å². The second-order valence-electron chi connectivity index (χ2n) is 3.16. The Labute approximate surface area is 109 Å². The maximum absolute atomic E-state index is 11.4. The highest BCUT2D eigenvalue weighted by molar-refractivity contribution is 7.69. The number of carbonyl (C=O) groups excluding carboxylic acids is 1. The molecule has 86 valence electrons. The van der Waals surface area contributed by atoms with Gasteiger partial charge in [-0.3, -0.25) is 0 Å². The van der Waals surface area contributed by atoms with Crippen LogP contribution in [-0.2, 0) is 4.79 Å². The second kappa shape index (κ2) is 5.23. The van der Waals surface area contributed by atoms with Crippen molar-refractivity contribution in [2.75, 3.05) is 0 Å². The molecule has 1 rings (SSSR count). The van der Waals surface area contributed by atoms with E-state index in [1.807, 2.05) is 0 Å². The topological polar surface area (TPSA) is 26.3 Å². The van der Waals surface area contributed by atoms with E-state index in [9.17, 15) is 4.79 Å². The third-order valence-corrected chi connectivity index (χ3v) is 4.60. The maximum atomic E-state index is 11.4. The van der Waals surface area contributed by atoms with Crippen LogP contribution in [0.25, 0.3) is 0 Å². The molecule has 0 saturated carbocycles. The van der Waals surface area contributed by atoms with E-state index >= 15 is 0 Å². The predicted molar refractivity (Wildman–Crippen MR) is 69.8 cm³/mol. The van der Waals surface area contributed by atoms with E-state index in [0.717, 1.165) is 0 Å². The van der Waals surface area contributed by atoms with Gasteiger partial charge in [-0.05, 0) is 13.0 Å². The number of para-hydroxylation sites is 1. The Hall–Kier alpha value is -0.483. The second-order valence-corrected chi connectivity index (χ2v) is 11.5. The minimum Gasteiger partial charge on any atom is -0.423 e. The van der Waals surface area contributed by atoms with Crippen molar-refractivity contribution in [1.82, 2.24) is 0 Å². The molecule has 0 bridgehead atoms. The number of carbonyl (C=O) groups is 1. The number of hydrogen-bond acceptors (Lipinski definition) is 2. The van der Waals surface area contributed by atoms with Gasteiger partial charge in [0.25, 0.3) is 0 Å². The summed E-state index contributed by atoms with van der Waals surface area (Å²) in [4.78, 5) is 11.4. The van der Waals surface area contributed by atoms with Crippen LogP contribution in [-0.4, -0.2) is 12.0 Å². The summed E-state index contributed by atoms with van der Waals surface area (Å²) in [5, 5.41) is 0.453. The molecule has 0 heterocycles. The van der Waals surface area contributed by atoms with Crippen LogP contribution in [0.5, 0.6) is 5.75 Å². The van der Waals surface area contributed by atoms with Crippen molar-refractivity contribution in [2.24, 2.45) is 0 Å². The van der Waals surface area contributed by atoms with Gasteiger partial charge < -0.3 is 4.74 Å². The molecule has 2 nitrogen and oxygen atoms in total. The van der Waals surface area contributed by atoms with Crippen LogP contribution in [0.3, 0.4) is 0 Å². The summed E-state index contributed by atoms with van der Waals surface area (Å²) in [7, 11) is 0. The van der Waals surface area contributed by atoms with Crippen molar-refractivity contribution in [3.63, 3.8) is 0 Å². The highest BCUT2D eigenvalue weighted by Gasteiger charge is 2.32. The summed E-state index contributed by atoms with van der Waals surface area (Å²) in [6, 6.07) is 3.59. The molecule has 0 radical (unpaired) electrons. The molecule has 0 unspecified atom stereocenters. The molecule has 0 amide bonds. The van der Waals surface area contributed by atoms with Crippen molar-refractivity contribution in [3.8, 4) is 5.75 Å². The molecule has 0 N–H and O–H groups in total. The monoisotopic (exact) mass is 294 g/mol. The standard InChI is InChI=1S/C10H9Cl3O2Si/c1-7(2)10(14)15-8-5-3-4-6-9(8)16(11,12)13/h3-6H,1H2,2H3. The molecule has 0 aliphatic carbocycles. The van der Waals surface area contributed by atoms with Gasteiger partial charge in [-0.2, -0.15) is 0 Å². The van der Waals surface area contributed by atoms with Crippen LogP contribution in [0.15, 0.2) is 36.4 Å². The Balaban J connectivity index is 3.05. The zero-order chi connectivity index (χ0) is 12.3. The summed E-state index contributed by atoms with van der Waals surface area (Å²) < 4.78 is 5.08. The van der Waals surface area contributed by atoms with Crippen molar-refractivity contribution in [3.05, 3.63) is 36.4 Å². The third-order valence-electron chi connectivity index (χ3n) is 1.74.